The number of benzene rings is 2. The van der Waals surface area contributed by atoms with E-state index in [0.29, 0.717) is 17.7 Å². The summed E-state index contributed by atoms with van der Waals surface area (Å²) in [4.78, 5) is 23.9. The summed E-state index contributed by atoms with van der Waals surface area (Å²) in [5.41, 5.74) is 3.54. The average Bonchev–Trinajstić information content (AvgIpc) is 3.14. The van der Waals surface area contributed by atoms with E-state index >= 15 is 0 Å². The van der Waals surface area contributed by atoms with Crippen molar-refractivity contribution in [3.63, 3.8) is 0 Å². The molecule has 29 heavy (non-hydrogen) atoms. The topological polar surface area (TPSA) is 73.2 Å². The van der Waals surface area contributed by atoms with E-state index in [1.807, 2.05) is 55.8 Å². The fourth-order valence-corrected chi connectivity index (χ4v) is 3.13. The molecule has 1 aromatic heterocycles. The summed E-state index contributed by atoms with van der Waals surface area (Å²) < 4.78 is 7.39. The number of amides is 1. The van der Waals surface area contributed by atoms with Crippen molar-refractivity contribution in [1.82, 2.24) is 15.1 Å². The van der Waals surface area contributed by atoms with E-state index in [0.717, 1.165) is 16.9 Å². The molecule has 6 heteroatoms. The van der Waals surface area contributed by atoms with E-state index in [2.05, 4.69) is 10.4 Å². The monoisotopic (exact) mass is 391 g/mol. The third-order valence-corrected chi connectivity index (χ3v) is 4.76. The number of Topliss-reactive ketones (excluding diaryl/α,β-unsaturated/α-hetero) is 1. The Morgan fingerprint density at radius 3 is 2.45 bits per heavy atom. The molecule has 150 valence electrons. The number of ether oxygens (including phenoxy) is 1. The first-order chi connectivity index (χ1) is 14.0. The summed E-state index contributed by atoms with van der Waals surface area (Å²) in [5, 5.41) is 7.38. The van der Waals surface area contributed by atoms with Crippen LogP contribution in [-0.4, -0.2) is 28.1 Å². The van der Waals surface area contributed by atoms with E-state index in [1.54, 1.807) is 30.5 Å². The number of hydrogen-bond acceptors (Lipinski definition) is 4. The third kappa shape index (κ3) is 4.90. The van der Waals surface area contributed by atoms with Gasteiger partial charge < -0.3 is 10.1 Å². The van der Waals surface area contributed by atoms with Crippen LogP contribution in [0, 0.1) is 6.92 Å². The summed E-state index contributed by atoms with van der Waals surface area (Å²) in [6.45, 7) is 5.62. The van der Waals surface area contributed by atoms with Crippen molar-refractivity contribution in [2.24, 2.45) is 0 Å². The lowest BCUT2D eigenvalue weighted by atomic mass is 10.1. The summed E-state index contributed by atoms with van der Waals surface area (Å²) in [6, 6.07) is 16.5. The summed E-state index contributed by atoms with van der Waals surface area (Å²) in [5.74, 6) is 0.404. The Hall–Kier alpha value is -3.41. The Balaban J connectivity index is 1.57. The van der Waals surface area contributed by atoms with Crippen LogP contribution >= 0.6 is 0 Å². The van der Waals surface area contributed by atoms with E-state index in [1.165, 1.54) is 0 Å². The van der Waals surface area contributed by atoms with Gasteiger partial charge in [0.25, 0.3) is 5.91 Å². The normalized spacial score (nSPS) is 11.7. The van der Waals surface area contributed by atoms with Gasteiger partial charge in [-0.2, -0.15) is 5.10 Å². The van der Waals surface area contributed by atoms with Gasteiger partial charge in [0.15, 0.2) is 12.4 Å². The van der Waals surface area contributed by atoms with Crippen LogP contribution in [-0.2, 0) is 4.79 Å². The Morgan fingerprint density at radius 1 is 1.10 bits per heavy atom. The fraction of sp³-hybridized carbons (Fsp3) is 0.261. The van der Waals surface area contributed by atoms with E-state index in [4.69, 9.17) is 4.74 Å². The van der Waals surface area contributed by atoms with Crippen molar-refractivity contribution in [1.29, 1.82) is 0 Å². The molecular formula is C23H25N3O3. The number of hydrogen-bond donors (Lipinski definition) is 1. The van der Waals surface area contributed by atoms with Gasteiger partial charge >= 0.3 is 0 Å². The molecule has 0 aliphatic rings. The smallest absolute Gasteiger partial charge is 0.258 e. The lowest BCUT2D eigenvalue weighted by Gasteiger charge is -2.15. The molecule has 1 heterocycles. The molecule has 1 unspecified atom stereocenters. The van der Waals surface area contributed by atoms with Crippen LogP contribution in [0.25, 0.3) is 5.69 Å². The number of nitrogens with zero attached hydrogens (tertiary/aromatic N) is 2. The van der Waals surface area contributed by atoms with Crippen molar-refractivity contribution < 1.29 is 14.3 Å². The molecule has 0 spiro atoms. The van der Waals surface area contributed by atoms with Gasteiger partial charge in [0.1, 0.15) is 5.75 Å². The van der Waals surface area contributed by atoms with Gasteiger partial charge in [0.05, 0.1) is 17.9 Å². The number of carbonyl (C=O) groups excluding carboxylic acids is 2. The predicted molar refractivity (Wildman–Crippen MR) is 111 cm³/mol. The maximum atomic E-state index is 12.3. The summed E-state index contributed by atoms with van der Waals surface area (Å²) in [7, 11) is 0. The minimum absolute atomic E-state index is 0.0783. The Bertz CT molecular complexity index is 978. The molecule has 1 amide bonds. The first-order valence-corrected chi connectivity index (χ1v) is 9.65. The lowest BCUT2D eigenvalue weighted by molar-refractivity contribution is -0.123. The van der Waals surface area contributed by atoms with Gasteiger partial charge in [-0.15, -0.1) is 0 Å². The third-order valence-electron chi connectivity index (χ3n) is 4.76. The van der Waals surface area contributed by atoms with E-state index < -0.39 is 0 Å². The first-order valence-electron chi connectivity index (χ1n) is 9.65. The number of carbonyl (C=O) groups is 2. The zero-order valence-electron chi connectivity index (χ0n) is 16.9. The molecular weight excluding hydrogens is 366 g/mol. The molecule has 0 saturated carbocycles. The second kappa shape index (κ2) is 9.19. The van der Waals surface area contributed by atoms with Crippen molar-refractivity contribution in [2.75, 3.05) is 6.61 Å². The van der Waals surface area contributed by atoms with Crippen LogP contribution in [0.5, 0.6) is 5.75 Å². The minimum Gasteiger partial charge on any atom is -0.484 e. The maximum Gasteiger partial charge on any atom is 0.258 e. The quantitative estimate of drug-likeness (QED) is 0.589. The Labute approximate surface area is 170 Å². The molecule has 0 aliphatic carbocycles. The van der Waals surface area contributed by atoms with Gasteiger partial charge in [0.2, 0.25) is 0 Å². The molecule has 2 aromatic carbocycles. The van der Waals surface area contributed by atoms with Crippen molar-refractivity contribution >= 4 is 11.7 Å². The molecule has 0 bridgehead atoms. The maximum absolute atomic E-state index is 12.3. The highest BCUT2D eigenvalue weighted by Crippen LogP contribution is 2.20. The highest BCUT2D eigenvalue weighted by molar-refractivity contribution is 5.95. The van der Waals surface area contributed by atoms with Crippen molar-refractivity contribution in [3.05, 3.63) is 77.6 Å². The van der Waals surface area contributed by atoms with Crippen LogP contribution in [0.3, 0.4) is 0 Å². The number of nitrogens with one attached hydrogen (secondary N) is 1. The molecule has 0 radical (unpaired) electrons. The van der Waals surface area contributed by atoms with Gasteiger partial charge in [-0.1, -0.05) is 25.1 Å². The SMILES string of the molecule is CCC(=O)c1ccc(OCC(=O)NC(C)c2cnn(-c3ccccc3)c2C)cc1. The van der Waals surface area contributed by atoms with Crippen LogP contribution in [0.2, 0.25) is 0 Å². The highest BCUT2D eigenvalue weighted by Gasteiger charge is 2.16. The molecule has 0 fully saturated rings. The molecule has 1 N–H and O–H groups in total. The summed E-state index contributed by atoms with van der Waals surface area (Å²) in [6.07, 6.45) is 2.23. The van der Waals surface area contributed by atoms with Crippen LogP contribution in [0.4, 0.5) is 0 Å². The van der Waals surface area contributed by atoms with Gasteiger partial charge in [-0.05, 0) is 50.2 Å². The lowest BCUT2D eigenvalue weighted by Crippen LogP contribution is -2.31. The van der Waals surface area contributed by atoms with Crippen molar-refractivity contribution in [3.8, 4) is 11.4 Å². The van der Waals surface area contributed by atoms with Crippen LogP contribution in [0.15, 0.2) is 60.8 Å². The standard InChI is InChI=1S/C23H25N3O3/c1-4-22(27)18-10-12-20(13-11-18)29-15-23(28)25-16(2)21-14-24-26(17(21)3)19-8-6-5-7-9-19/h5-14,16H,4,15H2,1-3H3,(H,25,28). The summed E-state index contributed by atoms with van der Waals surface area (Å²) >= 11 is 0. The number of para-hydroxylation sites is 1. The van der Waals surface area contributed by atoms with Crippen LogP contribution in [0.1, 0.15) is 47.9 Å². The first kappa shape index (κ1) is 20.3. The Kier molecular flexibility index (Phi) is 6.44. The second-order valence-electron chi connectivity index (χ2n) is 6.81. The Morgan fingerprint density at radius 2 is 1.79 bits per heavy atom. The van der Waals surface area contributed by atoms with Gasteiger partial charge in [-0.25, -0.2) is 4.68 Å². The van der Waals surface area contributed by atoms with E-state index in [-0.39, 0.29) is 24.3 Å². The number of aromatic nitrogens is 2. The number of ketones is 1. The second-order valence-corrected chi connectivity index (χ2v) is 6.81. The van der Waals surface area contributed by atoms with Crippen LogP contribution < -0.4 is 10.1 Å². The van der Waals surface area contributed by atoms with Gasteiger partial charge in [-0.3, -0.25) is 9.59 Å². The van der Waals surface area contributed by atoms with Gasteiger partial charge in [0, 0.05) is 23.2 Å². The predicted octanol–water partition coefficient (Wildman–Crippen LogP) is 4.03. The van der Waals surface area contributed by atoms with E-state index in [9.17, 15) is 9.59 Å². The molecule has 3 aromatic rings. The highest BCUT2D eigenvalue weighted by atomic mass is 16.5. The largest absolute Gasteiger partial charge is 0.484 e. The molecule has 6 nitrogen and oxygen atoms in total. The fourth-order valence-electron chi connectivity index (χ4n) is 3.13. The molecule has 3 rings (SSSR count). The average molecular weight is 391 g/mol. The molecule has 0 aliphatic heterocycles. The van der Waals surface area contributed by atoms with Crippen molar-refractivity contribution in [2.45, 2.75) is 33.2 Å². The zero-order chi connectivity index (χ0) is 20.8. The minimum atomic E-state index is -0.224. The number of rotatable bonds is 8. The zero-order valence-corrected chi connectivity index (χ0v) is 16.9. The molecule has 0 saturated heterocycles. The molecule has 1 atom stereocenters.